The summed E-state index contributed by atoms with van der Waals surface area (Å²) < 4.78 is 28.8. The highest BCUT2D eigenvalue weighted by atomic mass is 19.1. The minimum atomic E-state index is -0.909. The fourth-order valence-electron chi connectivity index (χ4n) is 3.89. The van der Waals surface area contributed by atoms with Gasteiger partial charge in [0.15, 0.2) is 6.04 Å². The van der Waals surface area contributed by atoms with E-state index in [1.54, 1.807) is 10.8 Å². The molecule has 2 aromatic heterocycles. The van der Waals surface area contributed by atoms with Gasteiger partial charge in [0.2, 0.25) is 11.9 Å². The first-order valence-electron chi connectivity index (χ1n) is 10.2. The molecular formula is C25H19F2N4O+. The molecule has 5 rings (SSSR count). The molecule has 5 nitrogen and oxygen atoms in total. The van der Waals surface area contributed by atoms with E-state index in [9.17, 15) is 13.6 Å². The van der Waals surface area contributed by atoms with Crippen molar-refractivity contribution in [3.05, 3.63) is 108 Å². The molecule has 0 saturated carbocycles. The molecule has 1 unspecified atom stereocenters. The van der Waals surface area contributed by atoms with Gasteiger partial charge in [0.25, 0.3) is 0 Å². The molecule has 158 valence electrons. The van der Waals surface area contributed by atoms with Gasteiger partial charge in [-0.3, -0.25) is 5.32 Å². The Labute approximate surface area is 183 Å². The summed E-state index contributed by atoms with van der Waals surface area (Å²) in [4.78, 5) is 21.3. The van der Waals surface area contributed by atoms with Crippen molar-refractivity contribution in [2.75, 3.05) is 5.32 Å². The lowest BCUT2D eigenvalue weighted by atomic mass is 10.1. The maximum atomic E-state index is 14.1. The summed E-state index contributed by atoms with van der Waals surface area (Å²) in [6, 6.07) is 21.2. The van der Waals surface area contributed by atoms with Crippen molar-refractivity contribution in [2.45, 2.75) is 18.9 Å². The molecule has 0 amide bonds. The van der Waals surface area contributed by atoms with Crippen LogP contribution >= 0.6 is 0 Å². The van der Waals surface area contributed by atoms with Crippen LogP contribution in [-0.2, 0) is 12.8 Å². The topological polar surface area (TPSA) is 58.8 Å². The second-order valence-corrected chi connectivity index (χ2v) is 7.64. The van der Waals surface area contributed by atoms with Crippen LogP contribution in [0, 0.1) is 11.9 Å². The van der Waals surface area contributed by atoms with Crippen molar-refractivity contribution in [1.29, 1.82) is 0 Å². The van der Waals surface area contributed by atoms with Crippen molar-refractivity contribution in [2.24, 2.45) is 0 Å². The molecule has 1 atom stereocenters. The molecular weight excluding hydrogens is 410 g/mol. The zero-order valence-electron chi connectivity index (χ0n) is 17.0. The highest BCUT2D eigenvalue weighted by molar-refractivity contribution is 5.82. The van der Waals surface area contributed by atoms with E-state index >= 15 is 0 Å². The fourth-order valence-corrected chi connectivity index (χ4v) is 3.89. The number of carbonyl (C=O) groups excluding carboxylic acids is 1. The number of hydrogen-bond acceptors (Lipinski definition) is 4. The van der Waals surface area contributed by atoms with Gasteiger partial charge in [0.05, 0.1) is 0 Å². The smallest absolute Gasteiger partial charge is 0.258 e. The van der Waals surface area contributed by atoms with Crippen molar-refractivity contribution >= 4 is 11.7 Å². The number of hydrogen-bond donors (Lipinski definition) is 1. The number of fused-ring (bicyclic) bond motifs is 1. The average molecular weight is 429 g/mol. The van der Waals surface area contributed by atoms with E-state index in [-0.39, 0.29) is 17.9 Å². The van der Waals surface area contributed by atoms with Gasteiger partial charge in [0.1, 0.15) is 17.6 Å². The number of pyridine rings is 1. The zero-order valence-corrected chi connectivity index (χ0v) is 17.0. The molecule has 4 aromatic rings. The van der Waals surface area contributed by atoms with Crippen LogP contribution in [0.5, 0.6) is 0 Å². The van der Waals surface area contributed by atoms with Gasteiger partial charge in [-0.2, -0.15) is 18.3 Å². The third-order valence-corrected chi connectivity index (χ3v) is 5.47. The Morgan fingerprint density at radius 3 is 2.34 bits per heavy atom. The number of carbonyl (C=O) groups is 1. The van der Waals surface area contributed by atoms with Crippen LogP contribution in [0.4, 0.5) is 14.6 Å². The van der Waals surface area contributed by atoms with Crippen molar-refractivity contribution < 1.29 is 18.1 Å². The molecule has 0 radical (unpaired) electrons. The van der Waals surface area contributed by atoms with Crippen LogP contribution in [0.15, 0.2) is 79.0 Å². The van der Waals surface area contributed by atoms with Gasteiger partial charge < -0.3 is 0 Å². The number of halogens is 2. The average Bonchev–Trinajstić information content (AvgIpc) is 3.13. The third-order valence-electron chi connectivity index (χ3n) is 5.47. The molecule has 7 heteroatoms. The first-order valence-corrected chi connectivity index (χ1v) is 10.2. The molecule has 1 aliphatic heterocycles. The van der Waals surface area contributed by atoms with Crippen LogP contribution in [0.1, 0.15) is 21.6 Å². The first-order chi connectivity index (χ1) is 15.6. The van der Waals surface area contributed by atoms with Gasteiger partial charge in [-0.15, -0.1) is 0 Å². The van der Waals surface area contributed by atoms with Crippen molar-refractivity contribution in [3.63, 3.8) is 0 Å². The Hall–Kier alpha value is -4.00. The first kappa shape index (κ1) is 19.9. The molecule has 2 aromatic carbocycles. The molecule has 32 heavy (non-hydrogen) atoms. The van der Waals surface area contributed by atoms with Crippen LogP contribution in [-0.4, -0.2) is 21.9 Å². The van der Waals surface area contributed by atoms with Crippen molar-refractivity contribution in [1.82, 2.24) is 9.97 Å². The number of rotatable bonds is 5. The molecule has 0 saturated heterocycles. The highest BCUT2D eigenvalue weighted by Crippen LogP contribution is 2.25. The monoisotopic (exact) mass is 429 g/mol. The Balaban J connectivity index is 1.54. The lowest BCUT2D eigenvalue weighted by molar-refractivity contribution is -0.552. The summed E-state index contributed by atoms with van der Waals surface area (Å²) >= 11 is 0. The Bertz CT molecular complexity index is 1300. The number of anilines is 1. The SMILES string of the molecule is O=C1C(Cc2ccc(F)nc2F)Nc2c(Cc3ccccc3)nc(-c3ccccc3)c[n+]21. The quantitative estimate of drug-likeness (QED) is 0.385. The van der Waals surface area contributed by atoms with Gasteiger partial charge in [-0.25, -0.2) is 9.78 Å². The highest BCUT2D eigenvalue weighted by Gasteiger charge is 2.41. The predicted molar refractivity (Wildman–Crippen MR) is 115 cm³/mol. The molecule has 0 aliphatic carbocycles. The largest absolute Gasteiger partial charge is 0.359 e. The molecule has 1 N–H and O–H groups in total. The van der Waals surface area contributed by atoms with Gasteiger partial charge >= 0.3 is 11.7 Å². The minimum absolute atomic E-state index is 0.0467. The number of nitrogens with one attached hydrogen (secondary N) is 1. The van der Waals surface area contributed by atoms with Gasteiger partial charge in [-0.1, -0.05) is 60.7 Å². The van der Waals surface area contributed by atoms with Crippen LogP contribution in [0.2, 0.25) is 0 Å². The number of nitrogens with zero attached hydrogens (tertiary/aromatic N) is 3. The van der Waals surface area contributed by atoms with Crippen LogP contribution in [0.25, 0.3) is 11.3 Å². The lowest BCUT2D eigenvalue weighted by Crippen LogP contribution is -2.44. The van der Waals surface area contributed by atoms with E-state index in [1.165, 1.54) is 6.07 Å². The van der Waals surface area contributed by atoms with Crippen LogP contribution < -0.4 is 9.88 Å². The zero-order chi connectivity index (χ0) is 22.1. The number of aromatic nitrogens is 3. The second-order valence-electron chi connectivity index (χ2n) is 7.64. The molecule has 0 spiro atoms. The van der Waals surface area contributed by atoms with E-state index < -0.39 is 17.9 Å². The maximum Gasteiger partial charge on any atom is 0.359 e. The summed E-state index contributed by atoms with van der Waals surface area (Å²) in [6.45, 7) is 0. The summed E-state index contributed by atoms with van der Waals surface area (Å²) in [6.07, 6.45) is 2.27. The van der Waals surface area contributed by atoms with Crippen molar-refractivity contribution in [3.8, 4) is 11.3 Å². The van der Waals surface area contributed by atoms with E-state index in [0.29, 0.717) is 23.6 Å². The van der Waals surface area contributed by atoms with E-state index in [1.807, 2.05) is 60.7 Å². The Morgan fingerprint density at radius 2 is 1.62 bits per heavy atom. The van der Waals surface area contributed by atoms with E-state index in [2.05, 4.69) is 10.3 Å². The fraction of sp³-hybridized carbons (Fsp3) is 0.120. The van der Waals surface area contributed by atoms with E-state index in [0.717, 1.165) is 17.2 Å². The summed E-state index contributed by atoms with van der Waals surface area (Å²) in [5.41, 5.74) is 3.50. The summed E-state index contributed by atoms with van der Waals surface area (Å²) in [5, 5.41) is 3.20. The maximum absolute atomic E-state index is 14.1. The predicted octanol–water partition coefficient (Wildman–Crippen LogP) is 3.98. The second kappa shape index (κ2) is 8.26. The molecule has 1 aliphatic rings. The lowest BCUT2D eigenvalue weighted by Gasteiger charge is -2.07. The molecule has 0 fully saturated rings. The minimum Gasteiger partial charge on any atom is -0.258 e. The molecule has 3 heterocycles. The van der Waals surface area contributed by atoms with Crippen LogP contribution in [0.3, 0.4) is 0 Å². The van der Waals surface area contributed by atoms with Gasteiger partial charge in [0, 0.05) is 24.0 Å². The third kappa shape index (κ3) is 3.85. The number of benzene rings is 2. The summed E-state index contributed by atoms with van der Waals surface area (Å²) in [7, 11) is 0. The normalized spacial score (nSPS) is 14.8. The summed E-state index contributed by atoms with van der Waals surface area (Å²) in [5.74, 6) is -1.44. The van der Waals surface area contributed by atoms with E-state index in [4.69, 9.17) is 4.98 Å². The Kier molecular flexibility index (Phi) is 5.15. The Morgan fingerprint density at radius 1 is 0.906 bits per heavy atom. The molecule has 0 bridgehead atoms. The van der Waals surface area contributed by atoms with Gasteiger partial charge in [-0.05, 0) is 17.7 Å². The standard InChI is InChI=1S/C25H18F2N4O/c26-22-12-11-18(23(27)30-22)14-20-25(32)31-15-21(17-9-5-2-6-10-17)28-19(24(31)29-20)13-16-7-3-1-4-8-16/h1-12,15,20H,13-14H2/p+1.